The minimum atomic E-state index is -1.50. The fraction of sp³-hybridized carbons (Fsp3) is 0.259. The molecule has 0 unspecified atom stereocenters. The molecule has 158 valence electrons. The molecule has 0 heterocycles. The second kappa shape index (κ2) is 8.98. The van der Waals surface area contributed by atoms with Gasteiger partial charge in [-0.05, 0) is 85.2 Å². The third kappa shape index (κ3) is 4.51. The lowest BCUT2D eigenvalue weighted by Gasteiger charge is -2.28. The SMILES string of the molecule is C=CCC1CCC(c2ccc(C#Cc3ccc4c(F)c(F)c(F)cc4c3)c(F)c2)CC1. The summed E-state index contributed by atoms with van der Waals surface area (Å²) >= 11 is 0. The summed E-state index contributed by atoms with van der Waals surface area (Å²) in [7, 11) is 0. The van der Waals surface area contributed by atoms with Crippen molar-refractivity contribution in [3.8, 4) is 11.8 Å². The van der Waals surface area contributed by atoms with Gasteiger partial charge in [-0.2, -0.15) is 0 Å². The zero-order chi connectivity index (χ0) is 22.0. The van der Waals surface area contributed by atoms with E-state index in [4.69, 9.17) is 0 Å². The largest absolute Gasteiger partial charge is 0.206 e. The molecular formula is C27H22F4. The van der Waals surface area contributed by atoms with Crippen LogP contribution in [-0.4, -0.2) is 0 Å². The van der Waals surface area contributed by atoms with E-state index in [-0.39, 0.29) is 22.2 Å². The number of hydrogen-bond acceptors (Lipinski definition) is 0. The Morgan fingerprint density at radius 2 is 1.61 bits per heavy atom. The first-order valence-corrected chi connectivity index (χ1v) is 10.5. The molecule has 0 bridgehead atoms. The zero-order valence-electron chi connectivity index (χ0n) is 17.0. The van der Waals surface area contributed by atoms with Gasteiger partial charge in [0.15, 0.2) is 17.5 Å². The molecule has 0 saturated heterocycles. The molecule has 0 aliphatic heterocycles. The highest BCUT2D eigenvalue weighted by Crippen LogP contribution is 2.37. The van der Waals surface area contributed by atoms with Crippen LogP contribution in [0.4, 0.5) is 17.6 Å². The van der Waals surface area contributed by atoms with Crippen LogP contribution < -0.4 is 0 Å². The van der Waals surface area contributed by atoms with Gasteiger partial charge in [0.1, 0.15) is 5.82 Å². The van der Waals surface area contributed by atoms with Crippen LogP contribution in [0.3, 0.4) is 0 Å². The number of benzene rings is 3. The summed E-state index contributed by atoms with van der Waals surface area (Å²) in [5.74, 6) is 2.31. The van der Waals surface area contributed by atoms with E-state index in [1.807, 2.05) is 12.1 Å². The number of hydrogen-bond donors (Lipinski definition) is 0. The lowest BCUT2D eigenvalue weighted by atomic mass is 9.77. The minimum Gasteiger partial charge on any atom is -0.206 e. The van der Waals surface area contributed by atoms with Crippen molar-refractivity contribution in [1.29, 1.82) is 0 Å². The molecule has 1 aliphatic rings. The summed E-state index contributed by atoms with van der Waals surface area (Å²) < 4.78 is 55.4. The van der Waals surface area contributed by atoms with E-state index in [1.165, 1.54) is 18.2 Å². The Labute approximate surface area is 179 Å². The summed E-state index contributed by atoms with van der Waals surface area (Å²) in [6, 6.07) is 10.4. The quantitative estimate of drug-likeness (QED) is 0.176. The minimum absolute atomic E-state index is 0.0252. The molecule has 0 atom stereocenters. The Hall–Kier alpha value is -3.06. The predicted molar refractivity (Wildman–Crippen MR) is 116 cm³/mol. The van der Waals surface area contributed by atoms with Crippen molar-refractivity contribution in [3.63, 3.8) is 0 Å². The van der Waals surface area contributed by atoms with Crippen LogP contribution in [0.25, 0.3) is 10.8 Å². The van der Waals surface area contributed by atoms with E-state index in [1.54, 1.807) is 12.1 Å². The van der Waals surface area contributed by atoms with Crippen molar-refractivity contribution in [2.45, 2.75) is 38.0 Å². The van der Waals surface area contributed by atoms with Crippen molar-refractivity contribution in [2.75, 3.05) is 0 Å². The molecule has 4 heteroatoms. The van der Waals surface area contributed by atoms with Gasteiger partial charge in [0, 0.05) is 10.9 Å². The second-order valence-electron chi connectivity index (χ2n) is 8.15. The van der Waals surface area contributed by atoms with Gasteiger partial charge >= 0.3 is 0 Å². The molecule has 0 aromatic heterocycles. The van der Waals surface area contributed by atoms with Crippen LogP contribution >= 0.6 is 0 Å². The van der Waals surface area contributed by atoms with Gasteiger partial charge in [-0.15, -0.1) is 6.58 Å². The average Bonchev–Trinajstić information content (AvgIpc) is 2.77. The highest BCUT2D eigenvalue weighted by Gasteiger charge is 2.22. The molecular weight excluding hydrogens is 400 g/mol. The van der Waals surface area contributed by atoms with Crippen molar-refractivity contribution in [1.82, 2.24) is 0 Å². The third-order valence-electron chi connectivity index (χ3n) is 6.13. The highest BCUT2D eigenvalue weighted by atomic mass is 19.2. The van der Waals surface area contributed by atoms with Gasteiger partial charge in [-0.3, -0.25) is 0 Å². The maximum absolute atomic E-state index is 14.7. The van der Waals surface area contributed by atoms with E-state index in [2.05, 4.69) is 18.4 Å². The normalized spacial score (nSPS) is 18.5. The molecule has 31 heavy (non-hydrogen) atoms. The smallest absolute Gasteiger partial charge is 0.195 e. The monoisotopic (exact) mass is 422 g/mol. The summed E-state index contributed by atoms with van der Waals surface area (Å²) in [5, 5.41) is 0.175. The first-order chi connectivity index (χ1) is 15.0. The van der Waals surface area contributed by atoms with Crippen LogP contribution in [0, 0.1) is 41.0 Å². The molecule has 0 amide bonds. The predicted octanol–water partition coefficient (Wildman–Crippen LogP) is 7.65. The maximum atomic E-state index is 14.7. The molecule has 0 N–H and O–H groups in total. The summed E-state index contributed by atoms with van der Waals surface area (Å²) in [6.45, 7) is 3.81. The molecule has 0 spiro atoms. The second-order valence-corrected chi connectivity index (χ2v) is 8.15. The van der Waals surface area contributed by atoms with E-state index in [0.717, 1.165) is 43.7 Å². The summed E-state index contributed by atoms with van der Waals surface area (Å²) in [6.07, 6.45) is 7.37. The van der Waals surface area contributed by atoms with Crippen molar-refractivity contribution >= 4 is 10.8 Å². The molecule has 1 aliphatic carbocycles. The van der Waals surface area contributed by atoms with Crippen LogP contribution in [0.2, 0.25) is 0 Å². The molecule has 1 fully saturated rings. The van der Waals surface area contributed by atoms with Crippen molar-refractivity contribution in [3.05, 3.63) is 95.1 Å². The lowest BCUT2D eigenvalue weighted by molar-refractivity contribution is 0.328. The fourth-order valence-corrected chi connectivity index (χ4v) is 4.38. The van der Waals surface area contributed by atoms with Gasteiger partial charge in [-0.25, -0.2) is 17.6 Å². The molecule has 0 nitrogen and oxygen atoms in total. The van der Waals surface area contributed by atoms with Crippen LogP contribution in [0.1, 0.15) is 54.7 Å². The van der Waals surface area contributed by atoms with Gasteiger partial charge in [0.2, 0.25) is 0 Å². The van der Waals surface area contributed by atoms with Gasteiger partial charge in [0.05, 0.1) is 5.56 Å². The Morgan fingerprint density at radius 1 is 0.839 bits per heavy atom. The first kappa shape index (κ1) is 21.2. The zero-order valence-corrected chi connectivity index (χ0v) is 17.0. The highest BCUT2D eigenvalue weighted by molar-refractivity contribution is 5.84. The fourth-order valence-electron chi connectivity index (χ4n) is 4.38. The Kier molecular flexibility index (Phi) is 6.13. The topological polar surface area (TPSA) is 0 Å². The van der Waals surface area contributed by atoms with Crippen molar-refractivity contribution in [2.24, 2.45) is 5.92 Å². The van der Waals surface area contributed by atoms with E-state index < -0.39 is 17.5 Å². The molecule has 1 saturated carbocycles. The average molecular weight is 422 g/mol. The van der Waals surface area contributed by atoms with Crippen LogP contribution in [0.15, 0.2) is 55.1 Å². The van der Waals surface area contributed by atoms with E-state index in [9.17, 15) is 17.6 Å². The molecule has 3 aromatic carbocycles. The molecule has 3 aromatic rings. The number of halogens is 4. The Morgan fingerprint density at radius 3 is 2.32 bits per heavy atom. The Bertz CT molecular complexity index is 1190. The van der Waals surface area contributed by atoms with Crippen LogP contribution in [-0.2, 0) is 0 Å². The molecule has 4 rings (SSSR count). The van der Waals surface area contributed by atoms with Crippen LogP contribution in [0.5, 0.6) is 0 Å². The number of allylic oxidation sites excluding steroid dienone is 1. The van der Waals surface area contributed by atoms with E-state index in [0.29, 0.717) is 17.4 Å². The number of rotatable bonds is 3. The van der Waals surface area contributed by atoms with E-state index >= 15 is 0 Å². The maximum Gasteiger partial charge on any atom is 0.195 e. The van der Waals surface area contributed by atoms with Crippen molar-refractivity contribution < 1.29 is 17.6 Å². The lowest BCUT2D eigenvalue weighted by Crippen LogP contribution is -2.13. The number of fused-ring (bicyclic) bond motifs is 1. The third-order valence-corrected chi connectivity index (χ3v) is 6.13. The first-order valence-electron chi connectivity index (χ1n) is 10.5. The van der Waals surface area contributed by atoms with Gasteiger partial charge in [0.25, 0.3) is 0 Å². The van der Waals surface area contributed by atoms with Gasteiger partial charge in [-0.1, -0.05) is 30.0 Å². The summed E-state index contributed by atoms with van der Waals surface area (Å²) in [5.41, 5.74) is 1.72. The Balaban J connectivity index is 1.53. The standard InChI is InChI=1S/C27H22F4/c1-2-3-17-4-8-19(9-5-17)21-12-11-20(24(28)15-21)10-6-18-7-13-23-22(14-18)16-25(29)27(31)26(23)30/h2,7,11-17,19H,1,3-5,8-9H2. The molecule has 0 radical (unpaired) electrons. The summed E-state index contributed by atoms with van der Waals surface area (Å²) in [4.78, 5) is 0. The van der Waals surface area contributed by atoms with Gasteiger partial charge < -0.3 is 0 Å².